The zero-order chi connectivity index (χ0) is 102. The second-order valence-corrected chi connectivity index (χ2v) is 29.8. The monoisotopic (exact) mass is 1640 g/mol. The number of allylic oxidation sites excluding steroid dienone is 3. The number of hydrogen-bond donors (Lipinski definition) is 15. The van der Waals surface area contributed by atoms with Crippen molar-refractivity contribution in [3.8, 4) is 0 Å². The molecule has 0 spiro atoms. The van der Waals surface area contributed by atoms with Crippen LogP contribution >= 0.6 is 0 Å². The van der Waals surface area contributed by atoms with Gasteiger partial charge in [0.2, 0.25) is 5.92 Å². The van der Waals surface area contributed by atoms with E-state index in [2.05, 4.69) is 4.99 Å². The number of hydrogen-bond acceptors (Lipinski definition) is 15. The molecular formula is C46H87B55F5N12O8. The van der Waals surface area contributed by atoms with Crippen molar-refractivity contribution in [3.05, 3.63) is 23.8 Å². The van der Waals surface area contributed by atoms with Crippen LogP contribution in [0.5, 0.6) is 0 Å². The van der Waals surface area contributed by atoms with E-state index in [9.17, 15) is 41.1 Å². The fourth-order valence-electron chi connectivity index (χ4n) is 9.54. The van der Waals surface area contributed by atoms with E-state index in [1.54, 1.807) is 27.7 Å². The lowest BCUT2D eigenvalue weighted by molar-refractivity contribution is -0.141. The quantitative estimate of drug-likeness (QED) is 0.00884. The topological polar surface area (TPSA) is 439 Å². The summed E-state index contributed by atoms with van der Waals surface area (Å²) in [6, 6.07) is -4.21. The van der Waals surface area contributed by atoms with Gasteiger partial charge < -0.3 is 82.2 Å². The molecule has 0 heterocycles. The average Bonchev–Trinajstić information content (AvgIpc) is 0.870. The maximum Gasteiger partial charge on any atom is 0.320 e. The molecule has 0 aliphatic carbocycles. The Morgan fingerprint density at radius 1 is 0.429 bits per heavy atom. The fraction of sp³-hybridized carbons (Fsp3) is 0.717. The van der Waals surface area contributed by atoms with Crippen LogP contribution in [0.4, 0.5) is 22.0 Å². The zero-order valence-electron chi connectivity index (χ0n) is 74.0. The molecule has 65 radical (unpaired) electrons. The molecule has 0 saturated carbocycles. The number of carboxylic acid groups (broad SMARTS) is 4. The molecule has 0 rings (SSSR count). The van der Waals surface area contributed by atoms with Crippen molar-refractivity contribution < 1.29 is 61.6 Å². The Hall–Kier alpha value is -1.51. The summed E-state index contributed by atoms with van der Waals surface area (Å²) in [5.74, 6) is -8.24. The summed E-state index contributed by atoms with van der Waals surface area (Å²) in [5.41, 5.74) is 38.7. The third-order valence-electron chi connectivity index (χ3n) is 17.0. The number of aliphatic carboxylic acids is 4. The third kappa shape index (κ3) is 94.3. The standard InChI is InChI=1S/C10H17FN2O2.C9H16F2N2O2.C9H16FN3O2.C9H17FN2O2.C9H21N3.B13.B12.B11.B10.B9/c1-7(12)5-6-8(11)3-2-4-9(13)10(14)15;1-6(12)3-2-4-9(10,11)5-7(13)8(14)15;1-6(11)13-5-7(10)3-2-4-8(12)9(14)15;1-6(11)3-2-4-7(10)5-8(12)9(13)14;1-8(11)5-3-2-4-6-9(12)7-10;1-8-12(9(2)3)13(10(4)5)11(6)7;1-8(2)11(7)12(9(3)4)10(5)6;1-7-10(6)11(8(2)3)9(4)5;1-7(2)10(8(3)4)9(5)6;1-6-9(7(2)3)8(4)5/h3,9,12H,2,4-6,13H2,1H3,(H,14,15);7,12H,2-5,13H2,1H3,(H,14,15);3,8H,2,4-5,12H2,1H3,(H2,11,13)(H,14,15);7-8,11H,2-5,12H2,1H3,(H,13,14);8,12H,2-7,10-11H2,1H3;;;;;/b8-3+,12-7?;;7-3-;;;;;;;. The molecule has 0 bridgehead atoms. The Morgan fingerprint density at radius 2 is 0.786 bits per heavy atom. The van der Waals surface area contributed by atoms with Gasteiger partial charge in [-0.1, -0.05) is 25.0 Å². The minimum Gasteiger partial charge on any atom is -0.480 e. The van der Waals surface area contributed by atoms with Crippen LogP contribution in [0.2, 0.25) is 0 Å². The number of amidine groups is 1. The predicted molar refractivity (Wildman–Crippen MR) is 588 cm³/mol. The molecule has 6 unspecified atom stereocenters. The lowest BCUT2D eigenvalue weighted by Crippen LogP contribution is -2.69. The van der Waals surface area contributed by atoms with Gasteiger partial charge in [-0.15, -0.1) is 0 Å². The second-order valence-electron chi connectivity index (χ2n) is 29.8. The minimum absolute atomic E-state index is 0.107. The number of unbranched alkanes of at least 4 members (excludes halogenated alkanes) is 2. The molecule has 80 heteroatoms. The number of halogens is 5. The van der Waals surface area contributed by atoms with Crippen LogP contribution in [0.15, 0.2) is 28.8 Å². The van der Waals surface area contributed by atoms with E-state index in [0.29, 0.717) is 73.4 Å². The van der Waals surface area contributed by atoms with E-state index < -0.39 is 194 Å². The largest absolute Gasteiger partial charge is 0.480 e. The summed E-state index contributed by atoms with van der Waals surface area (Å²) in [4.78, 5) is 44.9. The van der Waals surface area contributed by atoms with E-state index in [-0.39, 0.29) is 76.5 Å². The first kappa shape index (κ1) is 145. The van der Waals surface area contributed by atoms with Gasteiger partial charge in [-0.2, -0.15) is 0 Å². The molecule has 126 heavy (non-hydrogen) atoms. The Labute approximate surface area is 806 Å². The summed E-state index contributed by atoms with van der Waals surface area (Å²) in [5, 5.41) is 62.2. The van der Waals surface area contributed by atoms with Crippen molar-refractivity contribution in [2.45, 2.75) is 199 Å². The SMILES string of the molecule is CC(=N)CC/C(F)=C\CCC(N)C(=O)O.CC(=N)CCCC(F)(F)CC(N)C(=O)O.CC(=N)CCCC(F)CC(N)C(=O)O.CC(N)=NC/C(F)=C/CCC(N)C(=O)O.CC(N)CCCCCC(=N)CN.[B]B([B])B(B([B])[B])B([B])[B].[B]B([B])B([B])B(B([B])[B])B([B])[B].[B][B]B(B([B])[B])B(B([B])[B])B([B])[B].[B][B]B(B([B])[B])B([B])[B].[B][B]B([B])B(B([B])[B])B([B])[B]. The highest BCUT2D eigenvalue weighted by Gasteiger charge is 2.35. The highest BCUT2D eigenvalue weighted by molar-refractivity contribution is 8.08. The number of carbonyl (C=O) groups is 4. The number of nitrogens with two attached hydrogens (primary N) is 7. The summed E-state index contributed by atoms with van der Waals surface area (Å²) in [6.45, 7) is 8.72. The van der Waals surface area contributed by atoms with Crippen molar-refractivity contribution in [2.75, 3.05) is 13.1 Å². The van der Waals surface area contributed by atoms with E-state index in [4.69, 9.17) is 322 Å². The van der Waals surface area contributed by atoms with Crippen molar-refractivity contribution in [3.63, 3.8) is 0 Å². The fourth-order valence-corrected chi connectivity index (χ4v) is 9.54. The van der Waals surface area contributed by atoms with E-state index in [0.717, 1.165) is 19.3 Å². The highest BCUT2D eigenvalue weighted by atomic mass is 19.3. The van der Waals surface area contributed by atoms with E-state index >= 15 is 0 Å². The van der Waals surface area contributed by atoms with Crippen LogP contribution in [-0.4, -0.2) is 523 Å². The first-order valence-electron chi connectivity index (χ1n) is 39.9. The molecule has 22 N–H and O–H groups in total. The van der Waals surface area contributed by atoms with Gasteiger partial charge in [-0.25, -0.2) is 22.0 Å². The first-order valence-corrected chi connectivity index (χ1v) is 39.9. The minimum atomic E-state index is -3.06. The van der Waals surface area contributed by atoms with Gasteiger partial charge in [-0.05, 0) is 118 Å². The van der Waals surface area contributed by atoms with Crippen LogP contribution in [0.25, 0.3) is 0 Å². The van der Waals surface area contributed by atoms with Crippen LogP contribution in [0.3, 0.4) is 0 Å². The van der Waals surface area contributed by atoms with Gasteiger partial charge >= 0.3 is 23.9 Å². The van der Waals surface area contributed by atoms with Crippen LogP contribution < -0.4 is 40.1 Å². The Balaban J connectivity index is -0.000000149. The summed E-state index contributed by atoms with van der Waals surface area (Å²) in [6.07, 6.45) is -3.25. The smallest absolute Gasteiger partial charge is 0.320 e. The number of aliphatic imine (C=N–C) groups is 1. The number of nitrogens with one attached hydrogen (secondary N) is 4. The molecule has 6 atom stereocenters. The van der Waals surface area contributed by atoms with Crippen LogP contribution in [0.1, 0.15) is 157 Å². The van der Waals surface area contributed by atoms with Gasteiger partial charge in [0.1, 0.15) is 36.2 Å². The van der Waals surface area contributed by atoms with Crippen molar-refractivity contribution >= 4 is 448 Å². The second kappa shape index (κ2) is 87.5. The average molecular weight is 1630 g/mol. The van der Waals surface area contributed by atoms with Gasteiger partial charge in [0, 0.05) is 456 Å². The number of rotatable bonds is 53. The van der Waals surface area contributed by atoms with Crippen molar-refractivity contribution in [2.24, 2.45) is 45.1 Å². The Kier molecular flexibility index (Phi) is 101. The highest BCUT2D eigenvalue weighted by Crippen LogP contribution is 2.26. The number of carboxylic acids is 4. The normalized spacial score (nSPS) is 11.6. The third-order valence-corrected chi connectivity index (χ3v) is 17.0. The zero-order valence-corrected chi connectivity index (χ0v) is 74.0. The lowest BCUT2D eigenvalue weighted by Gasteiger charge is -2.31. The molecule has 0 fully saturated rings. The van der Waals surface area contributed by atoms with Gasteiger partial charge in [0.15, 0.2) is 0 Å². The molecular weight excluding hydrogens is 1540 g/mol. The van der Waals surface area contributed by atoms with Crippen molar-refractivity contribution in [1.29, 1.82) is 21.6 Å². The number of nitrogens with zero attached hydrogens (tertiary/aromatic N) is 1. The molecule has 579 valence electrons. The summed E-state index contributed by atoms with van der Waals surface area (Å²) < 4.78 is 65.1. The maximum atomic E-state index is 13.1. The van der Waals surface area contributed by atoms with Crippen molar-refractivity contribution in [1.82, 2.24) is 0 Å². The van der Waals surface area contributed by atoms with Gasteiger partial charge in [-0.3, -0.25) is 24.2 Å². The summed E-state index contributed by atoms with van der Waals surface area (Å²) in [7, 11) is 170. The molecule has 0 aromatic heterocycles. The Bertz CT molecular complexity index is 2840. The first-order chi connectivity index (χ1) is 57.5. The van der Waals surface area contributed by atoms with E-state index in [1.165, 1.54) is 46.2 Å². The molecule has 0 saturated heterocycles. The molecule has 20 nitrogen and oxygen atoms in total. The molecule has 0 amide bonds. The predicted octanol–water partition coefficient (Wildman–Crippen LogP) is -14.5. The molecule has 0 aliphatic rings. The molecule has 0 aromatic carbocycles. The number of alkyl halides is 3. The van der Waals surface area contributed by atoms with Gasteiger partial charge in [0.05, 0.1) is 18.2 Å². The van der Waals surface area contributed by atoms with Gasteiger partial charge in [0.25, 0.3) is 0 Å². The lowest BCUT2D eigenvalue weighted by atomic mass is 8.50. The summed E-state index contributed by atoms with van der Waals surface area (Å²) >= 11 is 0. The van der Waals surface area contributed by atoms with Crippen LogP contribution in [-0.2, 0) is 19.2 Å². The van der Waals surface area contributed by atoms with Crippen LogP contribution in [0, 0.1) is 21.6 Å². The maximum absolute atomic E-state index is 13.1. The molecule has 0 aliphatic heterocycles. The van der Waals surface area contributed by atoms with E-state index in [1.807, 2.05) is 6.92 Å². The molecule has 0 aromatic rings. The Morgan fingerprint density at radius 3 is 1.04 bits per heavy atom.